The van der Waals surface area contributed by atoms with Crippen molar-refractivity contribution in [3.63, 3.8) is 0 Å². The lowest BCUT2D eigenvalue weighted by Crippen LogP contribution is -2.34. The van der Waals surface area contributed by atoms with E-state index in [0.29, 0.717) is 12.8 Å². The molecule has 0 aliphatic heterocycles. The molecule has 1 rings (SSSR count). The lowest BCUT2D eigenvalue weighted by molar-refractivity contribution is 0.184. The van der Waals surface area contributed by atoms with E-state index in [1.165, 1.54) is 0 Å². The summed E-state index contributed by atoms with van der Waals surface area (Å²) in [6, 6.07) is 2.25. The third-order valence-electron chi connectivity index (χ3n) is 2.54. The molecule has 96 valence electrons. The molecule has 0 aliphatic carbocycles. The standard InChI is InChI=1S/C11H14BF4O/c1-3-9(4-2)17-11-7-8(12(14,15)16)5-6-10(11)13/h5-7,9H,3-4H2,1-2H3/q-1. The minimum absolute atomic E-state index is 0.263. The van der Waals surface area contributed by atoms with Crippen LogP contribution in [0.2, 0.25) is 0 Å². The molecule has 0 saturated carbocycles. The molecule has 0 saturated heterocycles. The van der Waals surface area contributed by atoms with Crippen molar-refractivity contribution in [3.8, 4) is 5.75 Å². The van der Waals surface area contributed by atoms with E-state index in [0.717, 1.165) is 18.2 Å². The van der Waals surface area contributed by atoms with E-state index >= 15 is 0 Å². The second-order valence-electron chi connectivity index (χ2n) is 3.82. The molecule has 1 aromatic rings. The van der Waals surface area contributed by atoms with Crippen LogP contribution in [0.25, 0.3) is 0 Å². The van der Waals surface area contributed by atoms with Gasteiger partial charge in [0.05, 0.1) is 6.10 Å². The summed E-state index contributed by atoms with van der Waals surface area (Å²) in [6.07, 6.45) is 0.981. The van der Waals surface area contributed by atoms with Gasteiger partial charge in [-0.2, -0.15) is 0 Å². The number of rotatable bonds is 5. The third-order valence-corrected chi connectivity index (χ3v) is 2.54. The number of hydrogen-bond acceptors (Lipinski definition) is 1. The smallest absolute Gasteiger partial charge is 0.488 e. The zero-order chi connectivity index (χ0) is 13.1. The van der Waals surface area contributed by atoms with E-state index in [9.17, 15) is 17.3 Å². The van der Waals surface area contributed by atoms with Crippen LogP contribution in [0.15, 0.2) is 18.2 Å². The molecule has 1 aromatic carbocycles. The van der Waals surface area contributed by atoms with Gasteiger partial charge in [-0.05, 0) is 25.0 Å². The Hall–Kier alpha value is -1.20. The number of ether oxygens (including phenoxy) is 1. The monoisotopic (exact) mass is 249 g/mol. The average molecular weight is 249 g/mol. The first kappa shape index (κ1) is 13.9. The molecule has 0 heterocycles. The Morgan fingerprint density at radius 3 is 2.24 bits per heavy atom. The molecule has 0 aromatic heterocycles. The van der Waals surface area contributed by atoms with Gasteiger partial charge in [-0.25, -0.2) is 4.39 Å². The van der Waals surface area contributed by atoms with Crippen molar-refractivity contribution in [1.82, 2.24) is 0 Å². The molecule has 0 N–H and O–H groups in total. The Kier molecular flexibility index (Phi) is 4.43. The summed E-state index contributed by atoms with van der Waals surface area (Å²) in [6.45, 7) is -1.45. The molecule has 0 radical (unpaired) electrons. The Morgan fingerprint density at radius 2 is 1.76 bits per heavy atom. The topological polar surface area (TPSA) is 9.23 Å². The van der Waals surface area contributed by atoms with Crippen LogP contribution in [0.3, 0.4) is 0 Å². The first-order chi connectivity index (χ1) is 7.88. The van der Waals surface area contributed by atoms with Crippen LogP contribution in [0.1, 0.15) is 26.7 Å². The zero-order valence-corrected chi connectivity index (χ0v) is 9.72. The normalized spacial score (nSPS) is 11.9. The van der Waals surface area contributed by atoms with Crippen LogP contribution in [0.4, 0.5) is 17.3 Å². The number of hydrogen-bond donors (Lipinski definition) is 0. The van der Waals surface area contributed by atoms with E-state index in [1.54, 1.807) is 0 Å². The van der Waals surface area contributed by atoms with Crippen LogP contribution in [0, 0.1) is 5.82 Å². The van der Waals surface area contributed by atoms with Crippen molar-refractivity contribution in [1.29, 1.82) is 0 Å². The molecule has 0 atom stereocenters. The Bertz CT molecular complexity index is 374. The maximum absolute atomic E-state index is 13.3. The fourth-order valence-electron chi connectivity index (χ4n) is 1.45. The minimum atomic E-state index is -5.13. The van der Waals surface area contributed by atoms with Gasteiger partial charge in [0.15, 0.2) is 11.6 Å². The molecule has 0 bridgehead atoms. The molecule has 1 nitrogen and oxygen atoms in total. The van der Waals surface area contributed by atoms with Crippen LogP contribution in [0.5, 0.6) is 5.75 Å². The number of halogens is 4. The van der Waals surface area contributed by atoms with E-state index < -0.39 is 18.3 Å². The van der Waals surface area contributed by atoms with Gasteiger partial charge in [-0.15, -0.1) is 5.46 Å². The van der Waals surface area contributed by atoms with Gasteiger partial charge in [0, 0.05) is 0 Å². The van der Waals surface area contributed by atoms with Crippen LogP contribution >= 0.6 is 0 Å². The molecular formula is C11H14BF4O-. The predicted octanol–water partition coefficient (Wildman–Crippen LogP) is 3.45. The van der Waals surface area contributed by atoms with Gasteiger partial charge in [0.1, 0.15) is 0 Å². The quantitative estimate of drug-likeness (QED) is 0.573. The van der Waals surface area contributed by atoms with Crippen molar-refractivity contribution in [2.75, 3.05) is 0 Å². The first-order valence-electron chi connectivity index (χ1n) is 5.54. The van der Waals surface area contributed by atoms with Gasteiger partial charge >= 0.3 is 6.98 Å². The van der Waals surface area contributed by atoms with Crippen LogP contribution < -0.4 is 10.2 Å². The molecule has 0 amide bonds. The van der Waals surface area contributed by atoms with Crippen LogP contribution in [-0.4, -0.2) is 13.1 Å². The SMILES string of the molecule is CCC(CC)Oc1cc([B-](F)(F)F)ccc1F. The van der Waals surface area contributed by atoms with Crippen molar-refractivity contribution >= 4 is 12.4 Å². The third kappa shape index (κ3) is 3.65. The minimum Gasteiger partial charge on any atom is -0.488 e. The lowest BCUT2D eigenvalue weighted by atomic mass is 9.80. The fourth-order valence-corrected chi connectivity index (χ4v) is 1.45. The highest BCUT2D eigenvalue weighted by atomic mass is 19.4. The van der Waals surface area contributed by atoms with E-state index in [-0.39, 0.29) is 11.9 Å². The van der Waals surface area contributed by atoms with Crippen molar-refractivity contribution in [2.24, 2.45) is 0 Å². The first-order valence-corrected chi connectivity index (χ1v) is 5.54. The largest absolute Gasteiger partial charge is 0.509 e. The number of benzene rings is 1. The van der Waals surface area contributed by atoms with E-state index in [2.05, 4.69) is 0 Å². The van der Waals surface area contributed by atoms with E-state index in [1.807, 2.05) is 13.8 Å². The molecule has 0 unspecified atom stereocenters. The highest BCUT2D eigenvalue weighted by Gasteiger charge is 2.26. The highest BCUT2D eigenvalue weighted by molar-refractivity contribution is 6.73. The molecular weight excluding hydrogens is 235 g/mol. The summed E-state index contributed by atoms with van der Waals surface area (Å²) >= 11 is 0. The van der Waals surface area contributed by atoms with Crippen molar-refractivity contribution in [2.45, 2.75) is 32.8 Å². The van der Waals surface area contributed by atoms with E-state index in [4.69, 9.17) is 4.74 Å². The summed E-state index contributed by atoms with van der Waals surface area (Å²) in [5, 5.41) is 0. The second-order valence-corrected chi connectivity index (χ2v) is 3.82. The lowest BCUT2D eigenvalue weighted by Gasteiger charge is -2.20. The Balaban J connectivity index is 2.98. The predicted molar refractivity (Wildman–Crippen MR) is 60.1 cm³/mol. The van der Waals surface area contributed by atoms with Gasteiger partial charge in [0.25, 0.3) is 0 Å². The van der Waals surface area contributed by atoms with Gasteiger partial charge in [-0.3, -0.25) is 0 Å². The summed E-state index contributed by atoms with van der Waals surface area (Å²) in [4.78, 5) is 0. The molecule has 0 fully saturated rings. The summed E-state index contributed by atoms with van der Waals surface area (Å²) in [5.41, 5.74) is -0.840. The summed E-state index contributed by atoms with van der Waals surface area (Å²) in [5.74, 6) is -1.09. The second kappa shape index (κ2) is 5.43. The van der Waals surface area contributed by atoms with Gasteiger partial charge in [0.2, 0.25) is 0 Å². The Labute approximate surface area is 97.8 Å². The maximum atomic E-state index is 13.3. The fraction of sp³-hybridized carbons (Fsp3) is 0.455. The van der Waals surface area contributed by atoms with Gasteiger partial charge < -0.3 is 17.7 Å². The molecule has 6 heteroatoms. The molecule has 0 aliphatic rings. The molecule has 0 spiro atoms. The molecule has 17 heavy (non-hydrogen) atoms. The summed E-state index contributed by atoms with van der Waals surface area (Å²) in [7, 11) is 0. The highest BCUT2D eigenvalue weighted by Crippen LogP contribution is 2.21. The van der Waals surface area contributed by atoms with Crippen molar-refractivity contribution < 1.29 is 22.1 Å². The zero-order valence-electron chi connectivity index (χ0n) is 9.72. The van der Waals surface area contributed by atoms with Crippen molar-refractivity contribution in [3.05, 3.63) is 24.0 Å². The summed E-state index contributed by atoms with van der Waals surface area (Å²) < 4.78 is 56.0. The Morgan fingerprint density at radius 1 is 1.18 bits per heavy atom. The maximum Gasteiger partial charge on any atom is 0.509 e. The average Bonchev–Trinajstić information content (AvgIpc) is 2.26. The van der Waals surface area contributed by atoms with Crippen LogP contribution in [-0.2, 0) is 0 Å². The van der Waals surface area contributed by atoms with Gasteiger partial charge in [-0.1, -0.05) is 19.9 Å².